The number of amides is 1. The maximum absolute atomic E-state index is 12.2. The lowest BCUT2D eigenvalue weighted by atomic mass is 9.95. The van der Waals surface area contributed by atoms with Crippen LogP contribution in [0.1, 0.15) is 32.1 Å². The van der Waals surface area contributed by atoms with Crippen molar-refractivity contribution >= 4 is 44.2 Å². The van der Waals surface area contributed by atoms with Gasteiger partial charge in [0.15, 0.2) is 0 Å². The van der Waals surface area contributed by atoms with Gasteiger partial charge < -0.3 is 5.32 Å². The van der Waals surface area contributed by atoms with E-state index in [1.165, 1.54) is 10.6 Å². The third kappa shape index (κ3) is 5.20. The molecule has 0 spiro atoms. The van der Waals surface area contributed by atoms with Gasteiger partial charge in [0, 0.05) is 15.3 Å². The Morgan fingerprint density at radius 2 is 1.82 bits per heavy atom. The molecule has 1 fully saturated rings. The normalized spacial score (nSPS) is 16.7. The lowest BCUT2D eigenvalue weighted by molar-refractivity contribution is -0.116. The Balaban J connectivity index is 2.03. The van der Waals surface area contributed by atoms with Gasteiger partial charge in [0.2, 0.25) is 15.9 Å². The summed E-state index contributed by atoms with van der Waals surface area (Å²) in [6.45, 7) is -0.116. The van der Waals surface area contributed by atoms with E-state index < -0.39 is 10.0 Å². The molecule has 2 rings (SSSR count). The zero-order valence-corrected chi connectivity index (χ0v) is 15.6. The molecule has 1 aromatic rings. The van der Waals surface area contributed by atoms with Crippen LogP contribution >= 0.6 is 22.6 Å². The van der Waals surface area contributed by atoms with Crippen molar-refractivity contribution in [3.8, 4) is 0 Å². The van der Waals surface area contributed by atoms with Crippen molar-refractivity contribution in [2.75, 3.05) is 18.1 Å². The molecule has 122 valence electrons. The summed E-state index contributed by atoms with van der Waals surface area (Å²) in [5.41, 5.74) is 0.683. The highest BCUT2D eigenvalue weighted by Crippen LogP contribution is 2.24. The maximum Gasteiger partial charge on any atom is 0.239 e. The Hall–Kier alpha value is -0.670. The summed E-state index contributed by atoms with van der Waals surface area (Å²) in [6, 6.07) is 7.36. The van der Waals surface area contributed by atoms with E-state index in [1.807, 2.05) is 24.3 Å². The average molecular weight is 436 g/mol. The van der Waals surface area contributed by atoms with Gasteiger partial charge in [0.05, 0.1) is 12.8 Å². The quantitative estimate of drug-likeness (QED) is 0.723. The summed E-state index contributed by atoms with van der Waals surface area (Å²) >= 11 is 2.19. The van der Waals surface area contributed by atoms with Crippen LogP contribution < -0.4 is 5.32 Å². The average Bonchev–Trinajstić information content (AvgIpc) is 2.47. The first-order valence-corrected chi connectivity index (χ1v) is 10.3. The van der Waals surface area contributed by atoms with Crippen molar-refractivity contribution in [3.63, 3.8) is 0 Å². The second-order valence-corrected chi connectivity index (χ2v) is 8.84. The third-order valence-corrected chi connectivity index (χ3v) is 5.83. The number of hydrogen-bond acceptors (Lipinski definition) is 3. The number of nitrogens with one attached hydrogen (secondary N) is 1. The van der Waals surface area contributed by atoms with Crippen LogP contribution in [0.15, 0.2) is 24.3 Å². The zero-order valence-electron chi connectivity index (χ0n) is 12.6. The largest absolute Gasteiger partial charge is 0.325 e. The third-order valence-electron chi connectivity index (χ3n) is 3.84. The molecule has 0 aromatic heterocycles. The zero-order chi connectivity index (χ0) is 16.2. The van der Waals surface area contributed by atoms with Gasteiger partial charge in [-0.15, -0.1) is 0 Å². The molecule has 7 heteroatoms. The van der Waals surface area contributed by atoms with Crippen LogP contribution in [-0.4, -0.2) is 37.5 Å². The highest BCUT2D eigenvalue weighted by Gasteiger charge is 2.29. The van der Waals surface area contributed by atoms with Crippen LogP contribution in [0.25, 0.3) is 0 Å². The number of benzene rings is 1. The predicted octanol–water partition coefficient (Wildman–Crippen LogP) is 2.82. The van der Waals surface area contributed by atoms with Gasteiger partial charge in [-0.3, -0.25) is 4.79 Å². The Morgan fingerprint density at radius 1 is 1.23 bits per heavy atom. The summed E-state index contributed by atoms with van der Waals surface area (Å²) < 4.78 is 26.5. The molecule has 22 heavy (non-hydrogen) atoms. The lowest BCUT2D eigenvalue weighted by Gasteiger charge is -2.31. The number of halogens is 1. The first kappa shape index (κ1) is 17.7. The minimum atomic E-state index is -3.39. The minimum Gasteiger partial charge on any atom is -0.325 e. The highest BCUT2D eigenvalue weighted by atomic mass is 127. The van der Waals surface area contributed by atoms with Gasteiger partial charge in [-0.2, -0.15) is 4.31 Å². The first-order valence-electron chi connectivity index (χ1n) is 7.38. The van der Waals surface area contributed by atoms with E-state index in [4.69, 9.17) is 0 Å². The van der Waals surface area contributed by atoms with Crippen molar-refractivity contribution in [1.82, 2.24) is 4.31 Å². The van der Waals surface area contributed by atoms with Crippen LogP contribution in [0.2, 0.25) is 0 Å². The topological polar surface area (TPSA) is 66.5 Å². The molecule has 1 N–H and O–H groups in total. The number of carbonyl (C=O) groups is 1. The molecule has 5 nitrogen and oxygen atoms in total. The maximum atomic E-state index is 12.2. The van der Waals surface area contributed by atoms with Gasteiger partial charge >= 0.3 is 0 Å². The second kappa shape index (κ2) is 7.74. The van der Waals surface area contributed by atoms with Gasteiger partial charge in [-0.25, -0.2) is 8.42 Å². The van der Waals surface area contributed by atoms with E-state index in [1.54, 1.807) is 0 Å². The molecule has 1 amide bonds. The molecule has 0 unspecified atom stereocenters. The fourth-order valence-corrected chi connectivity index (χ4v) is 4.23. The van der Waals surface area contributed by atoms with Crippen molar-refractivity contribution in [2.45, 2.75) is 38.1 Å². The standard InChI is InChI=1S/C15H21IN2O3S/c1-22(20,21)18(14-5-3-2-4-6-14)11-15(19)17-13-9-7-12(16)8-10-13/h7-10,14H,2-6,11H2,1H3,(H,17,19). The van der Waals surface area contributed by atoms with Crippen molar-refractivity contribution < 1.29 is 13.2 Å². The number of rotatable bonds is 5. The van der Waals surface area contributed by atoms with Crippen LogP contribution in [0.5, 0.6) is 0 Å². The van der Waals surface area contributed by atoms with Gasteiger partial charge in [0.1, 0.15) is 0 Å². The van der Waals surface area contributed by atoms with Crippen LogP contribution in [-0.2, 0) is 14.8 Å². The van der Waals surface area contributed by atoms with E-state index >= 15 is 0 Å². The molecule has 1 aromatic carbocycles. The van der Waals surface area contributed by atoms with E-state index in [-0.39, 0.29) is 18.5 Å². The van der Waals surface area contributed by atoms with Gasteiger partial charge in [-0.05, 0) is 59.7 Å². The van der Waals surface area contributed by atoms with E-state index in [9.17, 15) is 13.2 Å². The first-order chi connectivity index (χ1) is 10.4. The van der Waals surface area contributed by atoms with Gasteiger partial charge in [-0.1, -0.05) is 19.3 Å². The Kier molecular flexibility index (Phi) is 6.22. The molecule has 0 atom stereocenters. The fraction of sp³-hybridized carbons (Fsp3) is 0.533. The molecule has 1 aliphatic carbocycles. The van der Waals surface area contributed by atoms with E-state index in [2.05, 4.69) is 27.9 Å². The summed E-state index contributed by atoms with van der Waals surface area (Å²) in [7, 11) is -3.39. The smallest absolute Gasteiger partial charge is 0.239 e. The molecular weight excluding hydrogens is 415 g/mol. The monoisotopic (exact) mass is 436 g/mol. The van der Waals surface area contributed by atoms with E-state index in [0.29, 0.717) is 5.69 Å². The molecule has 1 saturated carbocycles. The number of sulfonamides is 1. The lowest BCUT2D eigenvalue weighted by Crippen LogP contribution is -2.45. The summed E-state index contributed by atoms with van der Waals surface area (Å²) in [6.07, 6.45) is 6.04. The fourth-order valence-electron chi connectivity index (χ4n) is 2.76. The second-order valence-electron chi connectivity index (χ2n) is 5.66. The predicted molar refractivity (Wildman–Crippen MR) is 96.2 cm³/mol. The number of hydrogen-bond donors (Lipinski definition) is 1. The Bertz CT molecular complexity index is 610. The number of anilines is 1. The molecule has 0 saturated heterocycles. The minimum absolute atomic E-state index is 0.0498. The number of nitrogens with zero attached hydrogens (tertiary/aromatic N) is 1. The Labute approximate surface area is 145 Å². The molecule has 0 heterocycles. The van der Waals surface area contributed by atoms with Gasteiger partial charge in [0.25, 0.3) is 0 Å². The van der Waals surface area contributed by atoms with E-state index in [0.717, 1.165) is 35.7 Å². The molecular formula is C15H21IN2O3S. The SMILES string of the molecule is CS(=O)(=O)N(CC(=O)Nc1ccc(I)cc1)C1CCCCC1. The molecule has 0 aliphatic heterocycles. The van der Waals surface area contributed by atoms with Crippen molar-refractivity contribution in [3.05, 3.63) is 27.8 Å². The van der Waals surface area contributed by atoms with Crippen molar-refractivity contribution in [1.29, 1.82) is 0 Å². The molecule has 0 bridgehead atoms. The molecule has 0 radical (unpaired) electrons. The highest BCUT2D eigenvalue weighted by molar-refractivity contribution is 14.1. The summed E-state index contributed by atoms with van der Waals surface area (Å²) in [5, 5.41) is 2.76. The molecule has 1 aliphatic rings. The Morgan fingerprint density at radius 3 is 2.36 bits per heavy atom. The van der Waals surface area contributed by atoms with Crippen LogP contribution in [0, 0.1) is 3.57 Å². The summed E-state index contributed by atoms with van der Waals surface area (Å²) in [4.78, 5) is 12.2. The van der Waals surface area contributed by atoms with Crippen LogP contribution in [0.3, 0.4) is 0 Å². The number of carbonyl (C=O) groups excluding carboxylic acids is 1. The van der Waals surface area contributed by atoms with Crippen molar-refractivity contribution in [2.24, 2.45) is 0 Å². The van der Waals surface area contributed by atoms with Crippen LogP contribution in [0.4, 0.5) is 5.69 Å². The summed E-state index contributed by atoms with van der Waals surface area (Å²) in [5.74, 6) is -0.294.